The average molecular weight is 224 g/mol. The summed E-state index contributed by atoms with van der Waals surface area (Å²) in [5, 5.41) is 18.5. The molecule has 1 aromatic rings. The van der Waals surface area contributed by atoms with Gasteiger partial charge in [0.25, 0.3) is 0 Å². The molecule has 0 aliphatic heterocycles. The van der Waals surface area contributed by atoms with Crippen LogP contribution in [0.4, 0.5) is 4.39 Å². The highest BCUT2D eigenvalue weighted by Gasteiger charge is 2.48. The molecular weight excluding hydrogens is 211 g/mol. The summed E-state index contributed by atoms with van der Waals surface area (Å²) < 4.78 is 13.5. The first-order valence-electron chi connectivity index (χ1n) is 5.17. The Morgan fingerprint density at radius 2 is 2.12 bits per heavy atom. The Morgan fingerprint density at radius 3 is 2.62 bits per heavy atom. The van der Waals surface area contributed by atoms with E-state index in [1.165, 1.54) is 0 Å². The summed E-state index contributed by atoms with van der Waals surface area (Å²) in [4.78, 5) is 10.7. The zero-order valence-electron chi connectivity index (χ0n) is 8.96. The fraction of sp³-hybridized carbons (Fsp3) is 0.417. The molecule has 3 nitrogen and oxygen atoms in total. The number of carboxylic acids is 1. The van der Waals surface area contributed by atoms with Crippen LogP contribution < -0.4 is 0 Å². The summed E-state index contributed by atoms with van der Waals surface area (Å²) in [5.74, 6) is -1.95. The third kappa shape index (κ3) is 1.64. The van der Waals surface area contributed by atoms with Crippen LogP contribution in [0.25, 0.3) is 0 Å². The lowest BCUT2D eigenvalue weighted by Crippen LogP contribution is -2.13. The van der Waals surface area contributed by atoms with Crippen molar-refractivity contribution in [2.45, 2.75) is 31.6 Å². The lowest BCUT2D eigenvalue weighted by molar-refractivity contribution is -0.137. The van der Waals surface area contributed by atoms with Gasteiger partial charge in [0.2, 0.25) is 0 Å². The van der Waals surface area contributed by atoms with Gasteiger partial charge in [-0.2, -0.15) is 0 Å². The van der Waals surface area contributed by atoms with Gasteiger partial charge in [-0.05, 0) is 25.3 Å². The topological polar surface area (TPSA) is 57.5 Å². The van der Waals surface area contributed by atoms with Crippen LogP contribution in [0.3, 0.4) is 0 Å². The molecule has 1 aliphatic rings. The molecule has 0 radical (unpaired) electrons. The van der Waals surface area contributed by atoms with Crippen LogP contribution >= 0.6 is 0 Å². The molecule has 86 valence electrons. The van der Waals surface area contributed by atoms with E-state index in [2.05, 4.69) is 0 Å². The van der Waals surface area contributed by atoms with E-state index < -0.39 is 23.0 Å². The average Bonchev–Trinajstić information content (AvgIpc) is 2.94. The van der Waals surface area contributed by atoms with E-state index in [1.54, 1.807) is 19.1 Å². The third-order valence-corrected chi connectivity index (χ3v) is 3.22. The van der Waals surface area contributed by atoms with Crippen molar-refractivity contribution in [2.75, 3.05) is 0 Å². The molecule has 0 unspecified atom stereocenters. The number of halogens is 1. The van der Waals surface area contributed by atoms with Crippen molar-refractivity contribution in [3.05, 3.63) is 29.1 Å². The molecule has 16 heavy (non-hydrogen) atoms. The maximum atomic E-state index is 13.5. The minimum atomic E-state index is -0.919. The number of hydrogen-bond acceptors (Lipinski definition) is 2. The first-order chi connectivity index (χ1) is 7.46. The van der Waals surface area contributed by atoms with Crippen molar-refractivity contribution >= 4 is 5.97 Å². The molecule has 0 aromatic heterocycles. The second kappa shape index (κ2) is 3.47. The van der Waals surface area contributed by atoms with Crippen molar-refractivity contribution in [2.24, 2.45) is 0 Å². The summed E-state index contributed by atoms with van der Waals surface area (Å²) in [6.45, 7) is 1.57. The largest absolute Gasteiger partial charge is 0.505 e. The molecule has 2 rings (SSSR count). The standard InChI is InChI=1S/C12H13FO3/c1-7-2-3-8(11(16)10(7)13)12(4-5-12)6-9(14)15/h2-3,16H,4-6H2,1H3,(H,14,15). The molecule has 0 amide bonds. The predicted molar refractivity (Wildman–Crippen MR) is 56.0 cm³/mol. The van der Waals surface area contributed by atoms with Gasteiger partial charge in [-0.1, -0.05) is 12.1 Å². The number of hydrogen-bond donors (Lipinski definition) is 2. The van der Waals surface area contributed by atoms with E-state index in [4.69, 9.17) is 5.11 Å². The first-order valence-corrected chi connectivity index (χ1v) is 5.17. The van der Waals surface area contributed by atoms with Crippen LogP contribution in [0.1, 0.15) is 30.4 Å². The zero-order chi connectivity index (χ0) is 11.9. The van der Waals surface area contributed by atoms with Crippen molar-refractivity contribution in [1.29, 1.82) is 0 Å². The Balaban J connectivity index is 2.42. The molecule has 1 aromatic carbocycles. The predicted octanol–water partition coefficient (Wildman–Crippen LogP) is 2.35. The van der Waals surface area contributed by atoms with Crippen LogP contribution in [0.2, 0.25) is 0 Å². The van der Waals surface area contributed by atoms with Crippen LogP contribution in [0.15, 0.2) is 12.1 Å². The molecule has 0 saturated heterocycles. The molecule has 0 atom stereocenters. The number of carbonyl (C=O) groups is 1. The number of benzene rings is 1. The van der Waals surface area contributed by atoms with Crippen molar-refractivity contribution in [3.63, 3.8) is 0 Å². The number of rotatable bonds is 3. The summed E-state index contributed by atoms with van der Waals surface area (Å²) in [7, 11) is 0. The van der Waals surface area contributed by atoms with Gasteiger partial charge in [0.1, 0.15) is 0 Å². The summed E-state index contributed by atoms with van der Waals surface area (Å²) in [5.41, 5.74) is 0.246. The molecule has 0 heterocycles. The Labute approximate surface area is 92.5 Å². The van der Waals surface area contributed by atoms with E-state index in [1.807, 2.05) is 0 Å². The van der Waals surface area contributed by atoms with Crippen molar-refractivity contribution < 1.29 is 19.4 Å². The van der Waals surface area contributed by atoms with Crippen LogP contribution in [0.5, 0.6) is 5.75 Å². The third-order valence-electron chi connectivity index (χ3n) is 3.22. The summed E-state index contributed by atoms with van der Waals surface area (Å²) >= 11 is 0. The Kier molecular flexibility index (Phi) is 2.37. The molecule has 1 aliphatic carbocycles. The molecule has 1 saturated carbocycles. The van der Waals surface area contributed by atoms with E-state index in [0.29, 0.717) is 24.0 Å². The lowest BCUT2D eigenvalue weighted by atomic mass is 9.90. The number of phenolic OH excluding ortho intramolecular Hbond substituents is 1. The van der Waals surface area contributed by atoms with E-state index in [0.717, 1.165) is 0 Å². The van der Waals surface area contributed by atoms with Crippen LogP contribution in [-0.4, -0.2) is 16.2 Å². The van der Waals surface area contributed by atoms with Gasteiger partial charge in [-0.25, -0.2) is 4.39 Å². The quantitative estimate of drug-likeness (QED) is 0.828. The number of aliphatic carboxylic acids is 1. The number of aryl methyl sites for hydroxylation is 1. The van der Waals surface area contributed by atoms with Gasteiger partial charge >= 0.3 is 5.97 Å². The SMILES string of the molecule is Cc1ccc(C2(CC(=O)O)CC2)c(O)c1F. The molecule has 1 fully saturated rings. The van der Waals surface area contributed by atoms with Gasteiger partial charge in [0.05, 0.1) is 6.42 Å². The van der Waals surface area contributed by atoms with Gasteiger partial charge in [0.15, 0.2) is 11.6 Å². The Morgan fingerprint density at radius 1 is 1.50 bits per heavy atom. The molecule has 0 bridgehead atoms. The Bertz CT molecular complexity index is 450. The first kappa shape index (κ1) is 10.9. The maximum Gasteiger partial charge on any atom is 0.304 e. The monoisotopic (exact) mass is 224 g/mol. The molecule has 4 heteroatoms. The van der Waals surface area contributed by atoms with E-state index in [9.17, 15) is 14.3 Å². The Hall–Kier alpha value is -1.58. The second-order valence-electron chi connectivity index (χ2n) is 4.44. The van der Waals surface area contributed by atoms with Crippen LogP contribution in [0, 0.1) is 12.7 Å². The fourth-order valence-electron chi connectivity index (χ4n) is 2.08. The van der Waals surface area contributed by atoms with Gasteiger partial charge in [0, 0.05) is 11.0 Å². The van der Waals surface area contributed by atoms with Gasteiger partial charge in [-0.3, -0.25) is 4.79 Å². The highest BCUT2D eigenvalue weighted by Crippen LogP contribution is 2.54. The second-order valence-corrected chi connectivity index (χ2v) is 4.44. The molecule has 2 N–H and O–H groups in total. The van der Waals surface area contributed by atoms with E-state index in [-0.39, 0.29) is 6.42 Å². The smallest absolute Gasteiger partial charge is 0.304 e. The van der Waals surface area contributed by atoms with Crippen LogP contribution in [-0.2, 0) is 10.2 Å². The number of phenols is 1. The number of carboxylic acid groups (broad SMARTS) is 1. The minimum absolute atomic E-state index is 0.0525. The van der Waals surface area contributed by atoms with E-state index >= 15 is 0 Å². The van der Waals surface area contributed by atoms with Crippen molar-refractivity contribution in [1.82, 2.24) is 0 Å². The molecule has 0 spiro atoms. The minimum Gasteiger partial charge on any atom is -0.505 e. The maximum absolute atomic E-state index is 13.5. The lowest BCUT2D eigenvalue weighted by Gasteiger charge is -2.15. The van der Waals surface area contributed by atoms with Gasteiger partial charge < -0.3 is 10.2 Å². The van der Waals surface area contributed by atoms with Gasteiger partial charge in [-0.15, -0.1) is 0 Å². The van der Waals surface area contributed by atoms with Crippen molar-refractivity contribution in [3.8, 4) is 5.75 Å². The summed E-state index contributed by atoms with van der Waals surface area (Å²) in [6.07, 6.45) is 1.33. The highest BCUT2D eigenvalue weighted by atomic mass is 19.1. The molecular formula is C12H13FO3. The number of aromatic hydroxyl groups is 1. The zero-order valence-corrected chi connectivity index (χ0v) is 8.96. The summed E-state index contributed by atoms with van der Waals surface area (Å²) in [6, 6.07) is 3.20. The fourth-order valence-corrected chi connectivity index (χ4v) is 2.08. The highest BCUT2D eigenvalue weighted by molar-refractivity contribution is 5.70. The normalized spacial score (nSPS) is 17.1.